The molecular weight excluding hydrogens is 254 g/mol. The average molecular weight is 266 g/mol. The Balaban J connectivity index is 4.25. The van der Waals surface area contributed by atoms with Gasteiger partial charge in [-0.25, -0.2) is 4.31 Å². The van der Waals surface area contributed by atoms with Crippen LogP contribution in [0.3, 0.4) is 0 Å². The Kier molecular flexibility index (Phi) is 6.27. The van der Waals surface area contributed by atoms with E-state index in [0.717, 1.165) is 0 Å². The van der Waals surface area contributed by atoms with Crippen LogP contribution in [-0.2, 0) is 13.4 Å². The van der Waals surface area contributed by atoms with Crippen LogP contribution >= 0.6 is 40.4 Å². The molecule has 2 atom stereocenters. The zero-order valence-corrected chi connectivity index (χ0v) is 10.3. The SMILES string of the molecule is O=P(O)(CCS)OP(=O)(O)CCS. The van der Waals surface area contributed by atoms with Gasteiger partial charge in [-0.3, -0.25) is 9.13 Å². The Morgan fingerprint density at radius 1 is 1.00 bits per heavy atom. The van der Waals surface area contributed by atoms with Crippen molar-refractivity contribution in [2.45, 2.75) is 0 Å². The molecule has 0 aliphatic rings. The van der Waals surface area contributed by atoms with Crippen LogP contribution in [0.25, 0.3) is 0 Å². The lowest BCUT2D eigenvalue weighted by Crippen LogP contribution is -1.98. The van der Waals surface area contributed by atoms with Crippen LogP contribution in [0.2, 0.25) is 0 Å². The first-order chi connectivity index (χ1) is 5.83. The molecule has 0 aromatic rings. The third kappa shape index (κ3) is 7.03. The van der Waals surface area contributed by atoms with Crippen molar-refractivity contribution in [3.63, 3.8) is 0 Å². The lowest BCUT2D eigenvalue weighted by molar-refractivity contribution is 0.334. The molecule has 2 unspecified atom stereocenters. The standard InChI is InChI=1S/C4H12O5P2S2/c5-10(6,1-3-12)9-11(7,8)2-4-13/h12-13H,1-4H2,(H,5,6)(H,7,8). The number of hydrogen-bond acceptors (Lipinski definition) is 5. The van der Waals surface area contributed by atoms with Crippen LogP contribution < -0.4 is 0 Å². The van der Waals surface area contributed by atoms with Gasteiger partial charge in [0, 0.05) is 11.5 Å². The maximum Gasteiger partial charge on any atom is 0.336 e. The molecule has 0 heterocycles. The summed E-state index contributed by atoms with van der Waals surface area (Å²) in [6.45, 7) is 0. The predicted octanol–water partition coefficient (Wildman–Crippen LogP) is 1.23. The van der Waals surface area contributed by atoms with E-state index in [0.29, 0.717) is 0 Å². The fourth-order valence-corrected chi connectivity index (χ4v) is 4.80. The van der Waals surface area contributed by atoms with Gasteiger partial charge in [0.2, 0.25) is 0 Å². The number of thiol groups is 2. The quantitative estimate of drug-likeness (QED) is 0.429. The third-order valence-corrected chi connectivity index (χ3v) is 5.79. The minimum absolute atomic E-state index is 0.120. The Morgan fingerprint density at radius 3 is 1.54 bits per heavy atom. The summed E-state index contributed by atoms with van der Waals surface area (Å²) < 4.78 is 26.3. The van der Waals surface area contributed by atoms with E-state index in [2.05, 4.69) is 29.6 Å². The van der Waals surface area contributed by atoms with E-state index >= 15 is 0 Å². The first-order valence-corrected chi connectivity index (χ1v) is 8.19. The molecule has 0 saturated carbocycles. The summed E-state index contributed by atoms with van der Waals surface area (Å²) in [4.78, 5) is 18.0. The lowest BCUT2D eigenvalue weighted by atomic mass is 11.0. The van der Waals surface area contributed by atoms with Crippen LogP contribution in [0.15, 0.2) is 0 Å². The lowest BCUT2D eigenvalue weighted by Gasteiger charge is -2.15. The molecule has 0 radical (unpaired) electrons. The summed E-state index contributed by atoms with van der Waals surface area (Å²) >= 11 is 7.43. The summed E-state index contributed by atoms with van der Waals surface area (Å²) in [5, 5.41) is 0. The second kappa shape index (κ2) is 5.81. The van der Waals surface area contributed by atoms with Crippen molar-refractivity contribution in [3.8, 4) is 0 Å². The van der Waals surface area contributed by atoms with Gasteiger partial charge in [-0.2, -0.15) is 25.3 Å². The van der Waals surface area contributed by atoms with Crippen molar-refractivity contribution in [3.05, 3.63) is 0 Å². The molecule has 5 nitrogen and oxygen atoms in total. The van der Waals surface area contributed by atoms with Crippen molar-refractivity contribution in [1.82, 2.24) is 0 Å². The van der Waals surface area contributed by atoms with E-state index in [4.69, 9.17) is 9.79 Å². The van der Waals surface area contributed by atoms with E-state index in [9.17, 15) is 9.13 Å². The van der Waals surface area contributed by atoms with Gasteiger partial charge in [0.25, 0.3) is 0 Å². The van der Waals surface area contributed by atoms with Crippen molar-refractivity contribution in [2.24, 2.45) is 0 Å². The van der Waals surface area contributed by atoms with Gasteiger partial charge >= 0.3 is 15.2 Å². The Hall–Kier alpha value is 1.04. The fourth-order valence-electron chi connectivity index (χ4n) is 0.534. The van der Waals surface area contributed by atoms with Gasteiger partial charge in [-0.05, 0) is 0 Å². The summed E-state index contributed by atoms with van der Waals surface area (Å²) in [5.74, 6) is 0.239. The van der Waals surface area contributed by atoms with Crippen molar-refractivity contribution >= 4 is 40.4 Å². The van der Waals surface area contributed by atoms with E-state index in [1.165, 1.54) is 0 Å². The first-order valence-electron chi connectivity index (χ1n) is 3.40. The Morgan fingerprint density at radius 2 is 1.31 bits per heavy atom. The van der Waals surface area contributed by atoms with Gasteiger partial charge in [0.15, 0.2) is 0 Å². The number of hydrogen-bond donors (Lipinski definition) is 4. The minimum Gasteiger partial charge on any atom is -0.324 e. The molecule has 2 N–H and O–H groups in total. The number of rotatable bonds is 6. The topological polar surface area (TPSA) is 83.8 Å². The van der Waals surface area contributed by atoms with Gasteiger partial charge in [0.1, 0.15) is 0 Å². The molecule has 80 valence electrons. The summed E-state index contributed by atoms with van der Waals surface area (Å²) in [6.07, 6.45) is -0.486. The largest absolute Gasteiger partial charge is 0.336 e. The van der Waals surface area contributed by atoms with Crippen LogP contribution in [-0.4, -0.2) is 33.6 Å². The van der Waals surface area contributed by atoms with E-state index in [1.807, 2.05) is 0 Å². The van der Waals surface area contributed by atoms with E-state index < -0.39 is 15.2 Å². The van der Waals surface area contributed by atoms with Crippen LogP contribution in [0.5, 0.6) is 0 Å². The Bertz CT molecular complexity index is 221. The highest BCUT2D eigenvalue weighted by Crippen LogP contribution is 2.58. The zero-order valence-electron chi connectivity index (χ0n) is 6.74. The second-order valence-corrected chi connectivity index (χ2v) is 7.24. The first kappa shape index (κ1) is 14.0. The zero-order chi connectivity index (χ0) is 10.5. The van der Waals surface area contributed by atoms with Gasteiger partial charge in [-0.15, -0.1) is 0 Å². The molecule has 0 spiro atoms. The molecule has 0 rings (SSSR count). The highest BCUT2D eigenvalue weighted by Gasteiger charge is 2.30. The van der Waals surface area contributed by atoms with E-state index in [-0.39, 0.29) is 23.8 Å². The summed E-state index contributed by atoms with van der Waals surface area (Å²) in [6, 6.07) is 0. The molecule has 0 aromatic heterocycles. The monoisotopic (exact) mass is 266 g/mol. The summed E-state index contributed by atoms with van der Waals surface area (Å²) in [7, 11) is -7.93. The molecule has 0 fully saturated rings. The van der Waals surface area contributed by atoms with Crippen LogP contribution in [0.4, 0.5) is 0 Å². The van der Waals surface area contributed by atoms with Crippen molar-refractivity contribution < 1.29 is 23.2 Å². The molecule has 0 aromatic carbocycles. The third-order valence-electron chi connectivity index (χ3n) is 1.02. The molecule has 9 heteroatoms. The van der Waals surface area contributed by atoms with Gasteiger partial charge < -0.3 is 9.79 Å². The van der Waals surface area contributed by atoms with Crippen LogP contribution in [0.1, 0.15) is 0 Å². The smallest absolute Gasteiger partial charge is 0.324 e. The normalized spacial score (nSPS) is 20.6. The maximum atomic E-state index is 11.0. The van der Waals surface area contributed by atoms with E-state index in [1.54, 1.807) is 0 Å². The van der Waals surface area contributed by atoms with Crippen molar-refractivity contribution in [1.29, 1.82) is 0 Å². The molecule has 0 bridgehead atoms. The molecule has 0 amide bonds. The highest BCUT2D eigenvalue weighted by molar-refractivity contribution is 7.81. The molecule has 0 aliphatic carbocycles. The second-order valence-electron chi connectivity index (χ2n) is 2.25. The summed E-state index contributed by atoms with van der Waals surface area (Å²) in [5.41, 5.74) is 0. The van der Waals surface area contributed by atoms with Gasteiger partial charge in [-0.1, -0.05) is 0 Å². The molecular formula is C4H12O5P2S2. The average Bonchev–Trinajstić information content (AvgIpc) is 1.82. The molecule has 0 aliphatic heterocycles. The van der Waals surface area contributed by atoms with Gasteiger partial charge in [0.05, 0.1) is 12.3 Å². The molecule has 13 heavy (non-hydrogen) atoms. The van der Waals surface area contributed by atoms with Crippen LogP contribution in [0, 0.1) is 0 Å². The minimum atomic E-state index is -3.97. The Labute approximate surface area is 87.8 Å². The highest BCUT2D eigenvalue weighted by atomic mass is 32.1. The maximum absolute atomic E-state index is 11.0. The fraction of sp³-hybridized carbons (Fsp3) is 1.00. The molecule has 0 saturated heterocycles. The van der Waals surface area contributed by atoms with Crippen molar-refractivity contribution in [2.75, 3.05) is 23.8 Å². The predicted molar refractivity (Wildman–Crippen MR) is 58.2 cm³/mol.